The SMILES string of the molecule is CCC[CH2][Sn]([CH2]CCC)([CH2]CCC)[c]1ccc(OC)c2c1OC1(CCCC1)O2. The molecule has 0 amide bonds. The Kier molecular flexibility index (Phi) is 7.86. The van der Waals surface area contributed by atoms with Crippen LogP contribution in [0.4, 0.5) is 0 Å². The fourth-order valence-electron chi connectivity index (χ4n) is 5.16. The van der Waals surface area contributed by atoms with Crippen molar-refractivity contribution in [3.8, 4) is 17.2 Å². The fraction of sp³-hybridized carbons (Fsp3) is 0.750. The Morgan fingerprint density at radius 2 is 1.39 bits per heavy atom. The molecule has 0 aromatic heterocycles. The van der Waals surface area contributed by atoms with Crippen LogP contribution >= 0.6 is 0 Å². The first-order chi connectivity index (χ1) is 13.6. The van der Waals surface area contributed by atoms with Crippen LogP contribution in [0.25, 0.3) is 0 Å². The van der Waals surface area contributed by atoms with Gasteiger partial charge in [-0.15, -0.1) is 0 Å². The standard InChI is InChI=1S/C12H13O3.3C4H9.Sn/c1-13-9-5-4-6-10-11(9)15-12(14-10)7-2-3-8-12;3*1-3-4-2;/h4-5H,2-3,7-8H2,1H3;3*1,3-4H2,2H3;. The van der Waals surface area contributed by atoms with Crippen molar-refractivity contribution in [3.05, 3.63) is 12.1 Å². The second-order valence-corrected chi connectivity index (χ2v) is 22.0. The summed E-state index contributed by atoms with van der Waals surface area (Å²) >= 11 is -2.60. The number of fused-ring (bicyclic) bond motifs is 1. The molecule has 0 radical (unpaired) electrons. The average molecular weight is 495 g/mol. The van der Waals surface area contributed by atoms with Crippen molar-refractivity contribution in [1.82, 2.24) is 0 Å². The third-order valence-corrected chi connectivity index (χ3v) is 22.4. The first-order valence-electron chi connectivity index (χ1n) is 11.7. The Labute approximate surface area is 176 Å². The van der Waals surface area contributed by atoms with Gasteiger partial charge >= 0.3 is 177 Å². The van der Waals surface area contributed by atoms with Gasteiger partial charge in [-0.3, -0.25) is 0 Å². The molecule has 3 rings (SSSR count). The van der Waals surface area contributed by atoms with E-state index in [0.29, 0.717) is 0 Å². The number of ether oxygens (including phenoxy) is 3. The van der Waals surface area contributed by atoms with Crippen molar-refractivity contribution in [1.29, 1.82) is 0 Å². The summed E-state index contributed by atoms with van der Waals surface area (Å²) in [6, 6.07) is 4.55. The van der Waals surface area contributed by atoms with E-state index in [1.54, 1.807) is 10.7 Å². The van der Waals surface area contributed by atoms with E-state index in [-0.39, 0.29) is 0 Å². The van der Waals surface area contributed by atoms with Gasteiger partial charge in [-0.1, -0.05) is 0 Å². The summed E-state index contributed by atoms with van der Waals surface area (Å²) < 4.78 is 24.8. The second kappa shape index (κ2) is 9.95. The van der Waals surface area contributed by atoms with Crippen molar-refractivity contribution >= 4 is 22.0 Å². The van der Waals surface area contributed by atoms with Crippen molar-refractivity contribution in [2.75, 3.05) is 7.11 Å². The number of unbranched alkanes of at least 4 members (excludes halogenated alkanes) is 3. The summed E-state index contributed by atoms with van der Waals surface area (Å²) in [5.41, 5.74) is 0. The van der Waals surface area contributed by atoms with Crippen molar-refractivity contribution in [2.45, 2.75) is 104 Å². The molecule has 1 spiro atoms. The van der Waals surface area contributed by atoms with E-state index in [9.17, 15) is 0 Å². The monoisotopic (exact) mass is 496 g/mol. The van der Waals surface area contributed by atoms with Crippen LogP contribution in [-0.2, 0) is 0 Å². The molecule has 1 saturated carbocycles. The summed E-state index contributed by atoms with van der Waals surface area (Å²) in [5, 5.41) is 0. The third-order valence-electron chi connectivity index (χ3n) is 6.84. The zero-order valence-electron chi connectivity index (χ0n) is 18.6. The van der Waals surface area contributed by atoms with Gasteiger partial charge in [0.1, 0.15) is 0 Å². The molecule has 1 aliphatic carbocycles. The molecule has 0 N–H and O–H groups in total. The van der Waals surface area contributed by atoms with E-state index in [2.05, 4.69) is 32.9 Å². The molecule has 158 valence electrons. The zero-order valence-corrected chi connectivity index (χ0v) is 21.4. The third kappa shape index (κ3) is 4.44. The molecule has 1 aromatic carbocycles. The van der Waals surface area contributed by atoms with Gasteiger partial charge in [0.05, 0.1) is 0 Å². The molecule has 4 heteroatoms. The molecule has 3 nitrogen and oxygen atoms in total. The fourth-order valence-corrected chi connectivity index (χ4v) is 21.5. The van der Waals surface area contributed by atoms with Crippen molar-refractivity contribution in [2.24, 2.45) is 0 Å². The van der Waals surface area contributed by atoms with Gasteiger partial charge in [0, 0.05) is 0 Å². The molecule has 0 bridgehead atoms. The van der Waals surface area contributed by atoms with E-state index in [1.165, 1.54) is 64.7 Å². The van der Waals surface area contributed by atoms with E-state index >= 15 is 0 Å². The maximum atomic E-state index is 6.73. The number of benzene rings is 1. The van der Waals surface area contributed by atoms with E-state index < -0.39 is 24.2 Å². The minimum atomic E-state index is -2.60. The van der Waals surface area contributed by atoms with Crippen molar-refractivity contribution in [3.63, 3.8) is 0 Å². The Bertz CT molecular complexity index is 615. The number of methoxy groups -OCH3 is 1. The van der Waals surface area contributed by atoms with Gasteiger partial charge in [-0.25, -0.2) is 0 Å². The Hall–Kier alpha value is -0.581. The van der Waals surface area contributed by atoms with Crippen LogP contribution in [-0.4, -0.2) is 31.3 Å². The van der Waals surface area contributed by atoms with Crippen LogP contribution < -0.4 is 17.8 Å². The minimum absolute atomic E-state index is 0.413. The Balaban J connectivity index is 2.05. The normalized spacial score (nSPS) is 17.4. The number of rotatable bonds is 11. The first kappa shape index (κ1) is 22.1. The molecule has 1 aliphatic heterocycles. The van der Waals surface area contributed by atoms with Crippen LogP contribution in [0.1, 0.15) is 85.0 Å². The maximum absolute atomic E-state index is 6.73. The summed E-state index contributed by atoms with van der Waals surface area (Å²) in [5.74, 6) is 2.43. The predicted octanol–water partition coefficient (Wildman–Crippen LogP) is 6.79. The first-order valence-corrected chi connectivity index (χ1v) is 19.2. The van der Waals surface area contributed by atoms with Crippen molar-refractivity contribution < 1.29 is 14.2 Å². The molecular formula is C24H40O3Sn. The van der Waals surface area contributed by atoms with Gasteiger partial charge in [0.15, 0.2) is 0 Å². The van der Waals surface area contributed by atoms with Gasteiger partial charge in [0.25, 0.3) is 0 Å². The van der Waals surface area contributed by atoms with Gasteiger partial charge in [-0.2, -0.15) is 0 Å². The number of hydrogen-bond donors (Lipinski definition) is 0. The molecule has 0 unspecified atom stereocenters. The van der Waals surface area contributed by atoms with E-state index in [1.807, 2.05) is 0 Å². The average Bonchev–Trinajstić information content (AvgIpc) is 3.33. The van der Waals surface area contributed by atoms with E-state index in [0.717, 1.165) is 30.1 Å². The van der Waals surface area contributed by atoms with Gasteiger partial charge < -0.3 is 0 Å². The summed E-state index contributed by atoms with van der Waals surface area (Å²) in [7, 11) is 1.75. The quantitative estimate of drug-likeness (QED) is 0.317. The molecule has 1 heterocycles. The molecule has 0 saturated heterocycles. The van der Waals surface area contributed by atoms with Crippen LogP contribution in [0.3, 0.4) is 0 Å². The Morgan fingerprint density at radius 1 is 0.857 bits per heavy atom. The molecule has 2 aliphatic rings. The summed E-state index contributed by atoms with van der Waals surface area (Å²) in [4.78, 5) is 0. The molecule has 1 fully saturated rings. The topological polar surface area (TPSA) is 27.7 Å². The van der Waals surface area contributed by atoms with Crippen LogP contribution in [0.5, 0.6) is 17.2 Å². The zero-order chi connectivity index (χ0) is 20.0. The molecule has 0 atom stereocenters. The van der Waals surface area contributed by atoms with Gasteiger partial charge in [-0.05, 0) is 0 Å². The molecular weight excluding hydrogens is 455 g/mol. The summed E-state index contributed by atoms with van der Waals surface area (Å²) in [6.07, 6.45) is 12.3. The van der Waals surface area contributed by atoms with E-state index in [4.69, 9.17) is 14.2 Å². The van der Waals surface area contributed by atoms with Crippen LogP contribution in [0.2, 0.25) is 13.3 Å². The summed E-state index contributed by atoms with van der Waals surface area (Å²) in [6.45, 7) is 7.01. The van der Waals surface area contributed by atoms with Crippen LogP contribution in [0, 0.1) is 0 Å². The number of hydrogen-bond acceptors (Lipinski definition) is 3. The predicted molar refractivity (Wildman–Crippen MR) is 120 cm³/mol. The second-order valence-electron chi connectivity index (χ2n) is 8.89. The van der Waals surface area contributed by atoms with Gasteiger partial charge in [0.2, 0.25) is 0 Å². The van der Waals surface area contributed by atoms with Crippen LogP contribution in [0.15, 0.2) is 12.1 Å². The molecule has 1 aromatic rings. The Morgan fingerprint density at radius 3 is 1.89 bits per heavy atom. The molecule has 28 heavy (non-hydrogen) atoms.